The molecule has 0 bridgehead atoms. The van der Waals surface area contributed by atoms with Gasteiger partial charge in [0.15, 0.2) is 6.04 Å². The number of rotatable bonds is 5. The number of aliphatic hydroxyl groups excluding tert-OH is 1. The molecule has 3 N–H and O–H groups in total. The average molecular weight is 253 g/mol. The summed E-state index contributed by atoms with van der Waals surface area (Å²) in [6.07, 6.45) is 1.35. The first kappa shape index (κ1) is 13.9. The number of hydrogen-bond acceptors (Lipinski definition) is 5. The zero-order valence-corrected chi connectivity index (χ0v) is 10.1. The molecular weight excluding hydrogens is 238 g/mol. The van der Waals surface area contributed by atoms with E-state index in [-0.39, 0.29) is 5.56 Å². The smallest absolute Gasteiger partial charge is 0.328 e. The van der Waals surface area contributed by atoms with Crippen molar-refractivity contribution in [2.75, 3.05) is 25.6 Å². The van der Waals surface area contributed by atoms with E-state index in [4.69, 9.17) is 10.2 Å². The Hall–Kier alpha value is -2.15. The Morgan fingerprint density at radius 3 is 2.50 bits per heavy atom. The van der Waals surface area contributed by atoms with Crippen LogP contribution < -0.4 is 10.2 Å². The first-order chi connectivity index (χ1) is 8.45. The van der Waals surface area contributed by atoms with Gasteiger partial charge in [0.05, 0.1) is 12.2 Å². The van der Waals surface area contributed by atoms with Crippen molar-refractivity contribution < 1.29 is 19.8 Å². The number of aromatic nitrogens is 1. The van der Waals surface area contributed by atoms with Crippen molar-refractivity contribution in [1.82, 2.24) is 10.3 Å². The lowest BCUT2D eigenvalue weighted by atomic mass is 10.2. The molecule has 0 saturated heterocycles. The molecule has 0 aliphatic rings. The molecule has 7 heteroatoms. The number of hydrogen-bond donors (Lipinski definition) is 3. The second-order valence-corrected chi connectivity index (χ2v) is 3.85. The van der Waals surface area contributed by atoms with Crippen LogP contribution in [-0.4, -0.2) is 53.8 Å². The SMILES string of the molecule is CN(C)c1ccc(C(=O)N[C@H](CO)C(=O)O)cn1. The Morgan fingerprint density at radius 2 is 2.11 bits per heavy atom. The minimum absolute atomic E-state index is 0.236. The van der Waals surface area contributed by atoms with Crippen LogP contribution in [0.1, 0.15) is 10.4 Å². The van der Waals surface area contributed by atoms with Crippen LogP contribution in [0.15, 0.2) is 18.3 Å². The van der Waals surface area contributed by atoms with Crippen LogP contribution in [0.3, 0.4) is 0 Å². The Labute approximate surface area is 104 Å². The lowest BCUT2D eigenvalue weighted by Crippen LogP contribution is -2.43. The Bertz CT molecular complexity index is 430. The average Bonchev–Trinajstić information content (AvgIpc) is 2.35. The van der Waals surface area contributed by atoms with Gasteiger partial charge in [0.2, 0.25) is 0 Å². The van der Waals surface area contributed by atoms with Gasteiger partial charge >= 0.3 is 5.97 Å². The third-order valence-corrected chi connectivity index (χ3v) is 2.25. The first-order valence-corrected chi connectivity index (χ1v) is 5.23. The van der Waals surface area contributed by atoms with Gasteiger partial charge in [-0.05, 0) is 12.1 Å². The number of amides is 1. The number of aliphatic carboxylic acids is 1. The van der Waals surface area contributed by atoms with Gasteiger partial charge in [-0.3, -0.25) is 4.79 Å². The molecule has 0 aliphatic carbocycles. The maximum atomic E-state index is 11.7. The lowest BCUT2D eigenvalue weighted by Gasteiger charge is -2.13. The van der Waals surface area contributed by atoms with Crippen LogP contribution in [0, 0.1) is 0 Å². The Morgan fingerprint density at radius 1 is 1.44 bits per heavy atom. The molecular formula is C11H15N3O4. The number of carboxylic acids is 1. The highest BCUT2D eigenvalue weighted by molar-refractivity contribution is 5.96. The number of carbonyl (C=O) groups excluding carboxylic acids is 1. The molecule has 1 amide bonds. The van der Waals surface area contributed by atoms with Crippen LogP contribution in [0.5, 0.6) is 0 Å². The summed E-state index contributed by atoms with van der Waals surface area (Å²) < 4.78 is 0. The van der Waals surface area contributed by atoms with Gasteiger partial charge in [-0.1, -0.05) is 0 Å². The predicted molar refractivity (Wildman–Crippen MR) is 64.5 cm³/mol. The second-order valence-electron chi connectivity index (χ2n) is 3.85. The third-order valence-electron chi connectivity index (χ3n) is 2.25. The topological polar surface area (TPSA) is 103 Å². The summed E-state index contributed by atoms with van der Waals surface area (Å²) in [6, 6.07) is 1.86. The van der Waals surface area contributed by atoms with Gasteiger partial charge in [-0.2, -0.15) is 0 Å². The highest BCUT2D eigenvalue weighted by Crippen LogP contribution is 2.07. The summed E-state index contributed by atoms with van der Waals surface area (Å²) >= 11 is 0. The molecule has 1 aromatic rings. The van der Waals surface area contributed by atoms with Crippen LogP contribution in [0.25, 0.3) is 0 Å². The molecule has 18 heavy (non-hydrogen) atoms. The molecule has 0 saturated carbocycles. The summed E-state index contributed by atoms with van der Waals surface area (Å²) in [5.41, 5.74) is 0.236. The van der Waals surface area contributed by atoms with Gasteiger partial charge < -0.3 is 20.4 Å². The molecule has 98 valence electrons. The van der Waals surface area contributed by atoms with Gasteiger partial charge in [-0.15, -0.1) is 0 Å². The van der Waals surface area contributed by atoms with Gasteiger partial charge in [0.25, 0.3) is 5.91 Å². The molecule has 7 nitrogen and oxygen atoms in total. The summed E-state index contributed by atoms with van der Waals surface area (Å²) in [4.78, 5) is 28.1. The fourth-order valence-corrected chi connectivity index (χ4v) is 1.21. The van der Waals surface area contributed by atoms with E-state index in [0.717, 1.165) is 0 Å². The van der Waals surface area contributed by atoms with Gasteiger partial charge in [-0.25, -0.2) is 9.78 Å². The zero-order chi connectivity index (χ0) is 13.7. The van der Waals surface area contributed by atoms with Crippen molar-refractivity contribution in [3.05, 3.63) is 23.9 Å². The molecule has 1 aromatic heterocycles. The summed E-state index contributed by atoms with van der Waals surface area (Å²) in [6.45, 7) is -0.662. The molecule has 0 radical (unpaired) electrons. The van der Waals surface area contributed by atoms with Crippen LogP contribution in [0.4, 0.5) is 5.82 Å². The summed E-state index contributed by atoms with van der Waals surface area (Å²) in [5, 5.41) is 19.7. The Kier molecular flexibility index (Phi) is 4.61. The molecule has 0 aliphatic heterocycles. The van der Waals surface area contributed by atoms with Crippen LogP contribution in [0.2, 0.25) is 0 Å². The number of carbonyl (C=O) groups is 2. The van der Waals surface area contributed by atoms with Crippen molar-refractivity contribution in [2.24, 2.45) is 0 Å². The van der Waals surface area contributed by atoms with E-state index < -0.39 is 24.5 Å². The Balaban J connectivity index is 2.75. The molecule has 1 atom stereocenters. The quantitative estimate of drug-likeness (QED) is 0.642. The molecule has 0 unspecified atom stereocenters. The molecule has 0 spiro atoms. The zero-order valence-electron chi connectivity index (χ0n) is 10.1. The van der Waals surface area contributed by atoms with Crippen molar-refractivity contribution in [3.8, 4) is 0 Å². The second kappa shape index (κ2) is 5.97. The van der Waals surface area contributed by atoms with Crippen LogP contribution in [-0.2, 0) is 4.79 Å². The highest BCUT2D eigenvalue weighted by atomic mass is 16.4. The first-order valence-electron chi connectivity index (χ1n) is 5.23. The van der Waals surface area contributed by atoms with E-state index in [0.29, 0.717) is 5.82 Å². The van der Waals surface area contributed by atoms with Gasteiger partial charge in [0.1, 0.15) is 5.82 Å². The predicted octanol–water partition coefficient (Wildman–Crippen LogP) is -0.677. The fraction of sp³-hybridized carbons (Fsp3) is 0.364. The number of carboxylic acid groups (broad SMARTS) is 1. The normalized spacial score (nSPS) is 11.7. The maximum Gasteiger partial charge on any atom is 0.328 e. The van der Waals surface area contributed by atoms with Crippen molar-refractivity contribution >= 4 is 17.7 Å². The molecule has 1 heterocycles. The molecule has 0 aromatic carbocycles. The summed E-state index contributed by atoms with van der Waals surface area (Å²) in [5.74, 6) is -1.19. The highest BCUT2D eigenvalue weighted by Gasteiger charge is 2.19. The summed E-state index contributed by atoms with van der Waals surface area (Å²) in [7, 11) is 3.63. The van der Waals surface area contributed by atoms with E-state index in [1.54, 1.807) is 11.0 Å². The van der Waals surface area contributed by atoms with E-state index in [1.165, 1.54) is 12.3 Å². The van der Waals surface area contributed by atoms with E-state index in [1.807, 2.05) is 14.1 Å². The molecule has 1 rings (SSSR count). The van der Waals surface area contributed by atoms with Crippen molar-refractivity contribution in [3.63, 3.8) is 0 Å². The number of nitrogens with zero attached hydrogens (tertiary/aromatic N) is 2. The van der Waals surface area contributed by atoms with E-state index in [9.17, 15) is 9.59 Å². The van der Waals surface area contributed by atoms with E-state index >= 15 is 0 Å². The number of nitrogens with one attached hydrogen (secondary N) is 1. The van der Waals surface area contributed by atoms with E-state index in [2.05, 4.69) is 10.3 Å². The molecule has 0 fully saturated rings. The standard InChI is InChI=1S/C11H15N3O4/c1-14(2)9-4-3-7(5-12-9)10(16)13-8(6-15)11(17)18/h3-5,8,15H,6H2,1-2H3,(H,13,16)(H,17,18)/t8-/m1/s1. The van der Waals surface area contributed by atoms with Gasteiger partial charge in [0, 0.05) is 20.3 Å². The van der Waals surface area contributed by atoms with Crippen molar-refractivity contribution in [2.45, 2.75) is 6.04 Å². The van der Waals surface area contributed by atoms with Crippen molar-refractivity contribution in [1.29, 1.82) is 0 Å². The minimum Gasteiger partial charge on any atom is -0.480 e. The number of pyridine rings is 1. The monoisotopic (exact) mass is 253 g/mol. The minimum atomic E-state index is -1.31. The fourth-order valence-electron chi connectivity index (χ4n) is 1.21. The maximum absolute atomic E-state index is 11.7. The third kappa shape index (κ3) is 3.42. The lowest BCUT2D eigenvalue weighted by molar-refractivity contribution is -0.140. The largest absolute Gasteiger partial charge is 0.480 e. The van der Waals surface area contributed by atoms with Crippen LogP contribution >= 0.6 is 0 Å². The number of aliphatic hydroxyl groups is 1. The number of anilines is 1.